The van der Waals surface area contributed by atoms with Crippen LogP contribution in [0.5, 0.6) is 0 Å². The molecular formula is C15H17ClN2S. The second-order valence-electron chi connectivity index (χ2n) is 5.09. The molecule has 2 aromatic rings. The van der Waals surface area contributed by atoms with Gasteiger partial charge in [-0.25, -0.2) is 0 Å². The van der Waals surface area contributed by atoms with Crippen LogP contribution in [0, 0.1) is 0 Å². The fourth-order valence-corrected chi connectivity index (χ4v) is 3.94. The van der Waals surface area contributed by atoms with Gasteiger partial charge < -0.3 is 5.73 Å². The molecule has 1 aliphatic heterocycles. The molecule has 1 aromatic heterocycles. The smallest absolute Gasteiger partial charge is 0.0931 e. The lowest BCUT2D eigenvalue weighted by Crippen LogP contribution is -2.28. The van der Waals surface area contributed by atoms with E-state index < -0.39 is 0 Å². The van der Waals surface area contributed by atoms with E-state index in [1.165, 1.54) is 10.4 Å². The van der Waals surface area contributed by atoms with Crippen LogP contribution in [-0.4, -0.2) is 24.0 Å². The highest BCUT2D eigenvalue weighted by Gasteiger charge is 2.32. The number of hydrogen-bond donors (Lipinski definition) is 1. The molecule has 2 atom stereocenters. The van der Waals surface area contributed by atoms with Crippen molar-refractivity contribution in [2.45, 2.75) is 18.5 Å². The van der Waals surface area contributed by atoms with Crippen molar-refractivity contribution in [3.63, 3.8) is 0 Å². The van der Waals surface area contributed by atoms with Crippen LogP contribution in [-0.2, 0) is 6.54 Å². The van der Waals surface area contributed by atoms with Crippen molar-refractivity contribution in [3.05, 3.63) is 57.2 Å². The molecule has 1 saturated heterocycles. The first-order valence-electron chi connectivity index (χ1n) is 6.49. The Bertz CT molecular complexity index is 540. The number of nitrogens with two attached hydrogens (primary N) is 1. The van der Waals surface area contributed by atoms with E-state index in [9.17, 15) is 0 Å². The van der Waals surface area contributed by atoms with E-state index in [1.807, 2.05) is 6.07 Å². The third kappa shape index (κ3) is 3.00. The topological polar surface area (TPSA) is 29.3 Å². The third-order valence-electron chi connectivity index (χ3n) is 3.65. The van der Waals surface area contributed by atoms with Gasteiger partial charge in [-0.1, -0.05) is 41.9 Å². The Morgan fingerprint density at radius 1 is 1.16 bits per heavy atom. The Morgan fingerprint density at radius 2 is 1.95 bits per heavy atom. The van der Waals surface area contributed by atoms with Gasteiger partial charge in [-0.05, 0) is 17.7 Å². The number of nitrogens with zero attached hydrogens (tertiary/aromatic N) is 1. The zero-order valence-corrected chi connectivity index (χ0v) is 12.2. The Labute approximate surface area is 122 Å². The Morgan fingerprint density at radius 3 is 2.63 bits per heavy atom. The van der Waals surface area contributed by atoms with E-state index in [4.69, 9.17) is 17.3 Å². The van der Waals surface area contributed by atoms with Gasteiger partial charge in [-0.2, -0.15) is 0 Å². The molecule has 3 rings (SSSR count). The maximum atomic E-state index is 6.29. The quantitative estimate of drug-likeness (QED) is 0.940. The molecule has 0 spiro atoms. The minimum Gasteiger partial charge on any atom is -0.326 e. The van der Waals surface area contributed by atoms with Crippen molar-refractivity contribution in [2.75, 3.05) is 13.1 Å². The Kier molecular flexibility index (Phi) is 3.89. The first kappa shape index (κ1) is 13.1. The summed E-state index contributed by atoms with van der Waals surface area (Å²) in [5.74, 6) is 0.418. The first-order chi connectivity index (χ1) is 9.22. The number of rotatable bonds is 3. The van der Waals surface area contributed by atoms with Crippen molar-refractivity contribution in [1.82, 2.24) is 4.90 Å². The molecule has 2 nitrogen and oxygen atoms in total. The van der Waals surface area contributed by atoms with Gasteiger partial charge in [0.25, 0.3) is 0 Å². The van der Waals surface area contributed by atoms with Gasteiger partial charge in [-0.3, -0.25) is 4.90 Å². The van der Waals surface area contributed by atoms with Gasteiger partial charge in [-0.15, -0.1) is 11.3 Å². The average molecular weight is 293 g/mol. The second kappa shape index (κ2) is 5.63. The van der Waals surface area contributed by atoms with Crippen molar-refractivity contribution < 1.29 is 0 Å². The summed E-state index contributed by atoms with van der Waals surface area (Å²) >= 11 is 7.67. The number of halogens is 1. The molecule has 0 saturated carbocycles. The summed E-state index contributed by atoms with van der Waals surface area (Å²) in [7, 11) is 0. The summed E-state index contributed by atoms with van der Waals surface area (Å²) in [4.78, 5) is 3.74. The molecule has 1 aliphatic rings. The molecule has 1 fully saturated rings. The molecular weight excluding hydrogens is 276 g/mol. The normalized spacial score (nSPS) is 23.9. The van der Waals surface area contributed by atoms with Gasteiger partial charge in [0.05, 0.1) is 4.34 Å². The van der Waals surface area contributed by atoms with Gasteiger partial charge in [0, 0.05) is 36.5 Å². The second-order valence-corrected chi connectivity index (χ2v) is 6.84. The third-order valence-corrected chi connectivity index (χ3v) is 5.01. The number of hydrogen-bond acceptors (Lipinski definition) is 3. The zero-order chi connectivity index (χ0) is 13.2. The van der Waals surface area contributed by atoms with Crippen molar-refractivity contribution in [1.29, 1.82) is 0 Å². The van der Waals surface area contributed by atoms with Crippen LogP contribution in [0.3, 0.4) is 0 Å². The SMILES string of the molecule is NC1CN(Cc2ccccc2)CC1c1ccc(Cl)s1. The van der Waals surface area contributed by atoms with E-state index in [1.54, 1.807) is 11.3 Å². The predicted molar refractivity (Wildman–Crippen MR) is 81.8 cm³/mol. The van der Waals surface area contributed by atoms with E-state index in [0.29, 0.717) is 5.92 Å². The molecule has 2 N–H and O–H groups in total. The lowest BCUT2D eigenvalue weighted by Gasteiger charge is -2.15. The van der Waals surface area contributed by atoms with Crippen LogP contribution < -0.4 is 5.73 Å². The van der Waals surface area contributed by atoms with Gasteiger partial charge in [0.2, 0.25) is 0 Å². The summed E-state index contributed by atoms with van der Waals surface area (Å²) in [5.41, 5.74) is 7.63. The van der Waals surface area contributed by atoms with Gasteiger partial charge in [0.1, 0.15) is 0 Å². The molecule has 100 valence electrons. The molecule has 0 bridgehead atoms. The fourth-order valence-electron chi connectivity index (χ4n) is 2.71. The molecule has 0 amide bonds. The van der Waals surface area contributed by atoms with Crippen molar-refractivity contribution in [2.24, 2.45) is 5.73 Å². The van der Waals surface area contributed by atoms with Gasteiger partial charge >= 0.3 is 0 Å². The highest BCUT2D eigenvalue weighted by molar-refractivity contribution is 7.16. The minimum atomic E-state index is 0.207. The van der Waals surface area contributed by atoms with Crippen LogP contribution in [0.1, 0.15) is 16.4 Å². The maximum absolute atomic E-state index is 6.29. The lowest BCUT2D eigenvalue weighted by molar-refractivity contribution is 0.324. The molecule has 0 aliphatic carbocycles. The highest BCUT2D eigenvalue weighted by Crippen LogP contribution is 2.34. The average Bonchev–Trinajstić information content (AvgIpc) is 2.97. The Balaban J connectivity index is 1.68. The fraction of sp³-hybridized carbons (Fsp3) is 0.333. The zero-order valence-electron chi connectivity index (χ0n) is 10.6. The van der Waals surface area contributed by atoms with Crippen molar-refractivity contribution in [3.8, 4) is 0 Å². The summed E-state index contributed by atoms with van der Waals surface area (Å²) in [6.07, 6.45) is 0. The van der Waals surface area contributed by atoms with E-state index in [-0.39, 0.29) is 6.04 Å². The predicted octanol–water partition coefficient (Wildman–Crippen LogP) is 3.33. The summed E-state index contributed by atoms with van der Waals surface area (Å²) < 4.78 is 0.851. The van der Waals surface area contributed by atoms with Crippen LogP contribution >= 0.6 is 22.9 Å². The first-order valence-corrected chi connectivity index (χ1v) is 7.69. The molecule has 2 unspecified atom stereocenters. The van der Waals surface area contributed by atoms with Crippen LogP contribution in [0.25, 0.3) is 0 Å². The summed E-state index contributed by atoms with van der Waals surface area (Å²) in [6, 6.07) is 14.8. The number of benzene rings is 1. The largest absolute Gasteiger partial charge is 0.326 e. The number of thiophene rings is 1. The van der Waals surface area contributed by atoms with Crippen LogP contribution in [0.2, 0.25) is 4.34 Å². The number of likely N-dealkylation sites (tertiary alicyclic amines) is 1. The summed E-state index contributed by atoms with van der Waals surface area (Å²) in [6.45, 7) is 2.95. The lowest BCUT2D eigenvalue weighted by atomic mass is 10.0. The van der Waals surface area contributed by atoms with Crippen LogP contribution in [0.4, 0.5) is 0 Å². The monoisotopic (exact) mass is 292 g/mol. The van der Waals surface area contributed by atoms with E-state index in [0.717, 1.165) is 24.0 Å². The molecule has 2 heterocycles. The Hall–Kier alpha value is -0.870. The molecule has 19 heavy (non-hydrogen) atoms. The van der Waals surface area contributed by atoms with E-state index >= 15 is 0 Å². The van der Waals surface area contributed by atoms with E-state index in [2.05, 4.69) is 41.3 Å². The van der Waals surface area contributed by atoms with Crippen LogP contribution in [0.15, 0.2) is 42.5 Å². The molecule has 1 aromatic carbocycles. The minimum absolute atomic E-state index is 0.207. The summed E-state index contributed by atoms with van der Waals surface area (Å²) in [5, 5.41) is 0. The van der Waals surface area contributed by atoms with Gasteiger partial charge in [0.15, 0.2) is 0 Å². The maximum Gasteiger partial charge on any atom is 0.0931 e. The molecule has 4 heteroatoms. The molecule has 0 radical (unpaired) electrons. The highest BCUT2D eigenvalue weighted by atomic mass is 35.5. The standard InChI is InChI=1S/C15H17ClN2S/c16-15-7-6-14(19-15)12-9-18(10-13(12)17)8-11-4-2-1-3-5-11/h1-7,12-13H,8-10,17H2. The van der Waals surface area contributed by atoms with Crippen molar-refractivity contribution >= 4 is 22.9 Å².